The van der Waals surface area contributed by atoms with Gasteiger partial charge in [-0.05, 0) is 20.8 Å². The number of likely N-dealkylation sites (tertiary alicyclic amines) is 1. The molecule has 1 spiro atoms. The summed E-state index contributed by atoms with van der Waals surface area (Å²) < 4.78 is 10.6. The maximum atomic E-state index is 11.6. The molecule has 2 saturated heterocycles. The summed E-state index contributed by atoms with van der Waals surface area (Å²) in [5.74, 6) is 0.104. The van der Waals surface area contributed by atoms with Crippen LogP contribution in [0.3, 0.4) is 0 Å². The van der Waals surface area contributed by atoms with E-state index in [0.717, 1.165) is 0 Å². The third-order valence-electron chi connectivity index (χ3n) is 2.76. The minimum absolute atomic E-state index is 0.104. The zero-order valence-corrected chi connectivity index (χ0v) is 9.91. The number of carbonyl (C=O) groups is 2. The molecule has 0 aromatic rings. The zero-order valence-electron chi connectivity index (χ0n) is 9.91. The molecule has 2 fully saturated rings. The predicted molar refractivity (Wildman–Crippen MR) is 56.1 cm³/mol. The molecule has 0 aromatic carbocycles. The number of hydrogen-bond acceptors (Lipinski definition) is 4. The fourth-order valence-corrected chi connectivity index (χ4v) is 1.94. The molecule has 0 aromatic heterocycles. The smallest absolute Gasteiger partial charge is 0.410 e. The van der Waals surface area contributed by atoms with E-state index in [2.05, 4.69) is 0 Å². The Balaban J connectivity index is 1.88. The summed E-state index contributed by atoms with van der Waals surface area (Å²) >= 11 is 0. The van der Waals surface area contributed by atoms with Crippen LogP contribution in [0.5, 0.6) is 0 Å². The lowest BCUT2D eigenvalue weighted by Gasteiger charge is -2.45. The van der Waals surface area contributed by atoms with E-state index in [9.17, 15) is 9.59 Å². The van der Waals surface area contributed by atoms with Crippen molar-refractivity contribution in [3.8, 4) is 0 Å². The van der Waals surface area contributed by atoms with Gasteiger partial charge in [0.05, 0.1) is 19.7 Å². The van der Waals surface area contributed by atoms with Crippen LogP contribution in [0.2, 0.25) is 0 Å². The number of Topliss-reactive ketones (excluding diaryl/α,β-unsaturated/α-hetero) is 1. The number of nitrogens with zero attached hydrogens (tertiary/aromatic N) is 1. The van der Waals surface area contributed by atoms with Gasteiger partial charge < -0.3 is 14.4 Å². The quantitative estimate of drug-likeness (QED) is 0.618. The van der Waals surface area contributed by atoms with E-state index in [-0.39, 0.29) is 11.9 Å². The average molecular weight is 227 g/mol. The van der Waals surface area contributed by atoms with Crippen LogP contribution in [-0.2, 0) is 14.3 Å². The minimum atomic E-state index is -0.711. The summed E-state index contributed by atoms with van der Waals surface area (Å²) in [6, 6.07) is 0. The topological polar surface area (TPSA) is 55.8 Å². The van der Waals surface area contributed by atoms with Crippen molar-refractivity contribution in [3.63, 3.8) is 0 Å². The maximum Gasteiger partial charge on any atom is 0.410 e. The van der Waals surface area contributed by atoms with Gasteiger partial charge in [-0.2, -0.15) is 0 Å². The van der Waals surface area contributed by atoms with Crippen LogP contribution in [0.1, 0.15) is 27.2 Å². The number of rotatable bonds is 0. The number of carbonyl (C=O) groups excluding carboxylic acids is 2. The summed E-state index contributed by atoms with van der Waals surface area (Å²) in [7, 11) is 0. The SMILES string of the molecule is CC(C)(C)OC(=O)N1CC2(C1)OCCC2=O. The van der Waals surface area contributed by atoms with Crippen LogP contribution in [0, 0.1) is 0 Å². The maximum absolute atomic E-state index is 11.6. The zero-order chi connectivity index (χ0) is 12.0. The summed E-state index contributed by atoms with van der Waals surface area (Å²) in [5.41, 5.74) is -1.21. The molecule has 0 N–H and O–H groups in total. The van der Waals surface area contributed by atoms with Gasteiger partial charge in [-0.15, -0.1) is 0 Å². The summed E-state index contributed by atoms with van der Waals surface area (Å²) in [5, 5.41) is 0. The Kier molecular flexibility index (Phi) is 2.45. The molecule has 0 unspecified atom stereocenters. The molecule has 2 rings (SSSR count). The van der Waals surface area contributed by atoms with Gasteiger partial charge >= 0.3 is 6.09 Å². The third-order valence-corrected chi connectivity index (χ3v) is 2.76. The van der Waals surface area contributed by atoms with Crippen LogP contribution in [0.25, 0.3) is 0 Å². The molecule has 5 heteroatoms. The van der Waals surface area contributed by atoms with E-state index in [1.54, 1.807) is 0 Å². The van der Waals surface area contributed by atoms with Crippen LogP contribution in [0.15, 0.2) is 0 Å². The lowest BCUT2D eigenvalue weighted by molar-refractivity contribution is -0.150. The Morgan fingerprint density at radius 2 is 2.06 bits per heavy atom. The molecule has 5 nitrogen and oxygen atoms in total. The second-order valence-electron chi connectivity index (χ2n) is 5.35. The molecular formula is C11H17NO4. The van der Waals surface area contributed by atoms with Crippen molar-refractivity contribution in [2.45, 2.75) is 38.4 Å². The largest absolute Gasteiger partial charge is 0.444 e. The van der Waals surface area contributed by atoms with Crippen LogP contribution >= 0.6 is 0 Å². The predicted octanol–water partition coefficient (Wildman–Crippen LogP) is 0.965. The Hall–Kier alpha value is -1.10. The molecule has 16 heavy (non-hydrogen) atoms. The third kappa shape index (κ3) is 1.91. The van der Waals surface area contributed by atoms with Gasteiger partial charge in [0.1, 0.15) is 5.60 Å². The van der Waals surface area contributed by atoms with E-state index in [0.29, 0.717) is 26.1 Å². The first kappa shape index (κ1) is 11.4. The normalized spacial score (nSPS) is 23.4. The molecule has 0 bridgehead atoms. The summed E-state index contributed by atoms with van der Waals surface area (Å²) in [6.45, 7) is 6.59. The first-order chi connectivity index (χ1) is 7.32. The van der Waals surface area contributed by atoms with Gasteiger partial charge in [0.15, 0.2) is 11.4 Å². The molecule has 2 heterocycles. The van der Waals surface area contributed by atoms with E-state index in [1.807, 2.05) is 20.8 Å². The number of amides is 1. The number of ketones is 1. The van der Waals surface area contributed by atoms with Gasteiger partial charge in [-0.3, -0.25) is 4.79 Å². The molecule has 0 aliphatic carbocycles. The van der Waals surface area contributed by atoms with Crippen molar-refractivity contribution in [2.75, 3.05) is 19.7 Å². The highest BCUT2D eigenvalue weighted by atomic mass is 16.6. The highest BCUT2D eigenvalue weighted by molar-refractivity contribution is 5.92. The summed E-state index contributed by atoms with van der Waals surface area (Å²) in [4.78, 5) is 24.7. The molecule has 0 saturated carbocycles. The van der Waals surface area contributed by atoms with E-state index >= 15 is 0 Å². The van der Waals surface area contributed by atoms with Crippen LogP contribution in [0.4, 0.5) is 4.79 Å². The second-order valence-corrected chi connectivity index (χ2v) is 5.35. The van der Waals surface area contributed by atoms with Crippen molar-refractivity contribution >= 4 is 11.9 Å². The van der Waals surface area contributed by atoms with Gasteiger partial charge in [-0.25, -0.2) is 4.79 Å². The first-order valence-electron chi connectivity index (χ1n) is 5.48. The molecule has 0 radical (unpaired) electrons. The van der Waals surface area contributed by atoms with E-state index < -0.39 is 11.2 Å². The van der Waals surface area contributed by atoms with Gasteiger partial charge in [0, 0.05) is 6.42 Å². The molecule has 2 aliphatic rings. The molecule has 90 valence electrons. The first-order valence-corrected chi connectivity index (χ1v) is 5.48. The standard InChI is InChI=1S/C11H17NO4/c1-10(2,3)16-9(14)12-6-11(7-12)8(13)4-5-15-11/h4-7H2,1-3H3. The highest BCUT2D eigenvalue weighted by Crippen LogP contribution is 2.32. The number of hydrogen-bond donors (Lipinski definition) is 0. The van der Waals surface area contributed by atoms with Crippen molar-refractivity contribution in [1.29, 1.82) is 0 Å². The fourth-order valence-electron chi connectivity index (χ4n) is 1.94. The van der Waals surface area contributed by atoms with Crippen LogP contribution in [-0.4, -0.2) is 47.7 Å². The van der Waals surface area contributed by atoms with Gasteiger partial charge in [-0.1, -0.05) is 0 Å². The Labute approximate surface area is 94.7 Å². The van der Waals surface area contributed by atoms with E-state index in [1.165, 1.54) is 4.90 Å². The Morgan fingerprint density at radius 1 is 1.44 bits per heavy atom. The molecule has 0 atom stereocenters. The highest BCUT2D eigenvalue weighted by Gasteiger charge is 2.55. The number of ether oxygens (including phenoxy) is 2. The molecule has 1 amide bonds. The lowest BCUT2D eigenvalue weighted by atomic mass is 9.90. The minimum Gasteiger partial charge on any atom is -0.444 e. The molecular weight excluding hydrogens is 210 g/mol. The van der Waals surface area contributed by atoms with E-state index in [4.69, 9.17) is 9.47 Å². The van der Waals surface area contributed by atoms with Crippen molar-refractivity contribution in [1.82, 2.24) is 4.90 Å². The van der Waals surface area contributed by atoms with Crippen molar-refractivity contribution < 1.29 is 19.1 Å². The van der Waals surface area contributed by atoms with Crippen molar-refractivity contribution in [2.24, 2.45) is 0 Å². The molecule has 2 aliphatic heterocycles. The monoisotopic (exact) mass is 227 g/mol. The van der Waals surface area contributed by atoms with Gasteiger partial charge in [0.2, 0.25) is 0 Å². The second kappa shape index (κ2) is 3.45. The van der Waals surface area contributed by atoms with Crippen LogP contribution < -0.4 is 0 Å². The Bertz CT molecular complexity index is 325. The average Bonchev–Trinajstić information content (AvgIpc) is 2.40. The fraction of sp³-hybridized carbons (Fsp3) is 0.818. The van der Waals surface area contributed by atoms with Crippen molar-refractivity contribution in [3.05, 3.63) is 0 Å². The summed E-state index contributed by atoms with van der Waals surface area (Å²) in [6.07, 6.45) is 0.0868. The Morgan fingerprint density at radius 3 is 2.50 bits per heavy atom. The van der Waals surface area contributed by atoms with Gasteiger partial charge in [0.25, 0.3) is 0 Å². The lowest BCUT2D eigenvalue weighted by Crippen LogP contribution is -2.66.